The normalized spacial score (nSPS) is 38.3. The van der Waals surface area contributed by atoms with Crippen molar-refractivity contribution in [2.75, 3.05) is 20.7 Å². The third kappa shape index (κ3) is 5.32. The van der Waals surface area contributed by atoms with Crippen LogP contribution in [0.2, 0.25) is 0 Å². The van der Waals surface area contributed by atoms with Crippen LogP contribution < -0.4 is 10.6 Å². The molecule has 2 N–H and O–H groups in total. The van der Waals surface area contributed by atoms with E-state index in [9.17, 15) is 9.59 Å². The molecule has 2 aliphatic carbocycles. The Kier molecular flexibility index (Phi) is 7.84. The van der Waals surface area contributed by atoms with Gasteiger partial charge in [-0.3, -0.25) is 14.9 Å². The zero-order valence-electron chi connectivity index (χ0n) is 21.4. The van der Waals surface area contributed by atoms with Crippen molar-refractivity contribution in [2.45, 2.75) is 96.9 Å². The molecule has 8 atom stereocenters. The van der Waals surface area contributed by atoms with E-state index >= 15 is 0 Å². The number of carbonyl (C=O) groups is 2. The molecule has 0 radical (unpaired) electrons. The van der Waals surface area contributed by atoms with E-state index in [-0.39, 0.29) is 36.1 Å². The fourth-order valence-electron chi connectivity index (χ4n) is 7.11. The minimum atomic E-state index is 0.0242. The summed E-state index contributed by atoms with van der Waals surface area (Å²) in [6.07, 6.45) is 9.39. The minimum Gasteiger partial charge on any atom is -0.367 e. The van der Waals surface area contributed by atoms with Gasteiger partial charge >= 0.3 is 0 Å². The van der Waals surface area contributed by atoms with Crippen LogP contribution in [0, 0.1) is 29.6 Å². The zero-order valence-corrected chi connectivity index (χ0v) is 21.4. The number of nitrogens with one attached hydrogen (secondary N) is 2. The third-order valence-corrected chi connectivity index (χ3v) is 9.37. The van der Waals surface area contributed by atoms with E-state index < -0.39 is 0 Å². The van der Waals surface area contributed by atoms with Crippen molar-refractivity contribution in [3.63, 3.8) is 0 Å². The molecule has 2 amide bonds. The Morgan fingerprint density at radius 1 is 1.24 bits per heavy atom. The van der Waals surface area contributed by atoms with Gasteiger partial charge in [-0.25, -0.2) is 0 Å². The topological polar surface area (TPSA) is 70.7 Å². The van der Waals surface area contributed by atoms with Crippen molar-refractivity contribution >= 4 is 11.8 Å². The van der Waals surface area contributed by atoms with Gasteiger partial charge in [-0.15, -0.1) is 0 Å². The number of amides is 2. The van der Waals surface area contributed by atoms with Gasteiger partial charge in [0.2, 0.25) is 11.8 Å². The van der Waals surface area contributed by atoms with Gasteiger partial charge in [-0.05, 0) is 76.0 Å². The standard InChI is InChI=1S/C27H45N3O3/c1-16-7-6-8-19(16)11-18(3)26(31)29-21-10-9-17(2)22(13-21)23-12-20-15-28-25(33-5)14-24(20)30(4)27(23)32/h17-18,20-25,28H,6-15H2,1-5H3,(H,29,31). The number of nitrogens with zero attached hydrogens (tertiary/aromatic N) is 1. The maximum absolute atomic E-state index is 13.5. The molecule has 2 heterocycles. The van der Waals surface area contributed by atoms with Crippen LogP contribution in [0.15, 0.2) is 11.1 Å². The summed E-state index contributed by atoms with van der Waals surface area (Å²) in [6.45, 7) is 7.51. The summed E-state index contributed by atoms with van der Waals surface area (Å²) in [4.78, 5) is 28.5. The van der Waals surface area contributed by atoms with Crippen molar-refractivity contribution in [2.24, 2.45) is 29.6 Å². The van der Waals surface area contributed by atoms with Crippen LogP contribution in [0.1, 0.15) is 78.6 Å². The smallest absolute Gasteiger partial charge is 0.225 e. The summed E-state index contributed by atoms with van der Waals surface area (Å²) in [5.41, 5.74) is 2.99. The summed E-state index contributed by atoms with van der Waals surface area (Å²) in [5, 5.41) is 6.87. The minimum absolute atomic E-state index is 0.0242. The van der Waals surface area contributed by atoms with Crippen LogP contribution in [0.4, 0.5) is 0 Å². The first-order valence-corrected chi connectivity index (χ1v) is 13.3. The number of methoxy groups -OCH3 is 1. The lowest BCUT2D eigenvalue weighted by molar-refractivity contribution is -0.151. The predicted molar refractivity (Wildman–Crippen MR) is 130 cm³/mol. The number of allylic oxidation sites excluding steroid dienone is 2. The van der Waals surface area contributed by atoms with Gasteiger partial charge in [0.15, 0.2) is 0 Å². The Hall–Kier alpha value is -1.40. The van der Waals surface area contributed by atoms with Crippen LogP contribution >= 0.6 is 0 Å². The number of hydrogen-bond acceptors (Lipinski definition) is 4. The van der Waals surface area contributed by atoms with Gasteiger partial charge in [-0.2, -0.15) is 0 Å². The molecule has 8 unspecified atom stereocenters. The monoisotopic (exact) mass is 459 g/mol. The lowest BCUT2D eigenvalue weighted by Gasteiger charge is -2.50. The van der Waals surface area contributed by atoms with Crippen molar-refractivity contribution in [1.82, 2.24) is 15.5 Å². The highest BCUT2D eigenvalue weighted by Gasteiger charge is 2.47. The fraction of sp³-hybridized carbons (Fsp3) is 0.852. The van der Waals surface area contributed by atoms with Gasteiger partial charge in [0.05, 0.1) is 0 Å². The highest BCUT2D eigenvalue weighted by atomic mass is 16.5. The number of likely N-dealkylation sites (tertiary alicyclic amines) is 1. The zero-order chi connectivity index (χ0) is 23.7. The Balaban J connectivity index is 1.37. The predicted octanol–water partition coefficient (Wildman–Crippen LogP) is 3.86. The van der Waals surface area contributed by atoms with Crippen LogP contribution in [0.25, 0.3) is 0 Å². The first-order valence-electron chi connectivity index (χ1n) is 13.3. The molecule has 0 aromatic carbocycles. The molecule has 6 heteroatoms. The fourth-order valence-corrected chi connectivity index (χ4v) is 7.11. The molecule has 6 nitrogen and oxygen atoms in total. The molecule has 0 aromatic rings. The quantitative estimate of drug-likeness (QED) is 0.592. The first kappa shape index (κ1) is 24.7. The van der Waals surface area contributed by atoms with Crippen LogP contribution in [-0.2, 0) is 14.3 Å². The molecule has 3 fully saturated rings. The Morgan fingerprint density at radius 2 is 2.03 bits per heavy atom. The number of fused-ring (bicyclic) bond motifs is 1. The van der Waals surface area contributed by atoms with Crippen molar-refractivity contribution in [1.29, 1.82) is 0 Å². The van der Waals surface area contributed by atoms with Crippen molar-refractivity contribution in [3.05, 3.63) is 11.1 Å². The maximum Gasteiger partial charge on any atom is 0.225 e. The van der Waals surface area contributed by atoms with Gasteiger partial charge in [0.1, 0.15) is 6.23 Å². The van der Waals surface area contributed by atoms with Gasteiger partial charge in [0.25, 0.3) is 0 Å². The van der Waals surface area contributed by atoms with E-state index in [1.165, 1.54) is 24.0 Å². The summed E-state index contributed by atoms with van der Waals surface area (Å²) >= 11 is 0. The number of ether oxygens (including phenoxy) is 1. The Morgan fingerprint density at radius 3 is 2.73 bits per heavy atom. The van der Waals surface area contributed by atoms with Gasteiger partial charge in [0, 0.05) is 51.0 Å². The van der Waals surface area contributed by atoms with Crippen LogP contribution in [-0.4, -0.2) is 55.7 Å². The van der Waals surface area contributed by atoms with Crippen LogP contribution in [0.5, 0.6) is 0 Å². The van der Waals surface area contributed by atoms with Crippen molar-refractivity contribution < 1.29 is 14.3 Å². The third-order valence-electron chi connectivity index (χ3n) is 9.37. The van der Waals surface area contributed by atoms with E-state index in [4.69, 9.17) is 4.74 Å². The average Bonchev–Trinajstić information content (AvgIpc) is 3.21. The molecule has 4 aliphatic rings. The molecule has 2 saturated heterocycles. The molecule has 0 spiro atoms. The second-order valence-electron chi connectivity index (χ2n) is 11.5. The molecular weight excluding hydrogens is 414 g/mol. The van der Waals surface area contributed by atoms with E-state index in [1.54, 1.807) is 7.11 Å². The molecule has 186 valence electrons. The lowest BCUT2D eigenvalue weighted by atomic mass is 9.66. The largest absolute Gasteiger partial charge is 0.367 e. The second kappa shape index (κ2) is 10.5. The number of hydrogen-bond donors (Lipinski definition) is 2. The molecule has 33 heavy (non-hydrogen) atoms. The van der Waals surface area contributed by atoms with E-state index in [2.05, 4.69) is 31.4 Å². The maximum atomic E-state index is 13.5. The highest BCUT2D eigenvalue weighted by molar-refractivity contribution is 5.80. The Labute approximate surface area is 200 Å². The Bertz CT molecular complexity index is 766. The van der Waals surface area contributed by atoms with E-state index in [1.807, 2.05) is 11.9 Å². The summed E-state index contributed by atoms with van der Waals surface area (Å²) in [7, 11) is 3.72. The second-order valence-corrected chi connectivity index (χ2v) is 11.5. The highest BCUT2D eigenvalue weighted by Crippen LogP contribution is 2.43. The van der Waals surface area contributed by atoms with Crippen molar-refractivity contribution in [3.8, 4) is 0 Å². The molecular formula is C27H45N3O3. The summed E-state index contributed by atoms with van der Waals surface area (Å²) in [6, 6.07) is 0.460. The lowest BCUT2D eigenvalue weighted by Crippen LogP contribution is -2.60. The molecule has 2 aliphatic heterocycles. The molecule has 1 saturated carbocycles. The van der Waals surface area contributed by atoms with Gasteiger partial charge < -0.3 is 15.0 Å². The summed E-state index contributed by atoms with van der Waals surface area (Å²) in [5.74, 6) is 1.92. The molecule has 0 bridgehead atoms. The van der Waals surface area contributed by atoms with Gasteiger partial charge in [-0.1, -0.05) is 25.0 Å². The van der Waals surface area contributed by atoms with Crippen LogP contribution in [0.3, 0.4) is 0 Å². The summed E-state index contributed by atoms with van der Waals surface area (Å²) < 4.78 is 5.51. The van der Waals surface area contributed by atoms with E-state index in [0.717, 1.165) is 51.5 Å². The van der Waals surface area contributed by atoms with E-state index in [0.29, 0.717) is 23.7 Å². The molecule has 4 rings (SSSR count). The number of carbonyl (C=O) groups excluding carboxylic acids is 2. The molecule has 0 aromatic heterocycles. The SMILES string of the molecule is COC1CC2C(CN1)CC(C1CC(NC(=O)C(C)CC3=C(C)CCC3)CCC1C)C(=O)N2C. The average molecular weight is 460 g/mol. The number of rotatable bonds is 6. The number of piperidine rings is 2. The first-order chi connectivity index (χ1) is 15.8.